The number of carbonyl (C=O) groups is 2. The van der Waals surface area contributed by atoms with Gasteiger partial charge < -0.3 is 25.4 Å². The number of amides is 2. The summed E-state index contributed by atoms with van der Waals surface area (Å²) < 4.78 is 6.09. The average Bonchev–Trinajstić information content (AvgIpc) is 2.68. The maximum absolute atomic E-state index is 12.4. The second kappa shape index (κ2) is 9.55. The Morgan fingerprint density at radius 2 is 1.65 bits per heavy atom. The summed E-state index contributed by atoms with van der Waals surface area (Å²) in [6, 6.07) is 0.118. The molecule has 0 unspecified atom stereocenters. The molecule has 2 aliphatic heterocycles. The second-order valence-electron chi connectivity index (χ2n) is 8.05. The SMILES string of the molecule is O=C(O)C1CCC(NC(=O)N2CCC(OCC3CCNCC3)CC2)CC1. The maximum atomic E-state index is 12.4. The van der Waals surface area contributed by atoms with E-state index < -0.39 is 5.97 Å². The monoisotopic (exact) mass is 367 g/mol. The first-order valence-corrected chi connectivity index (χ1v) is 10.2. The molecule has 7 nitrogen and oxygen atoms in total. The van der Waals surface area contributed by atoms with Gasteiger partial charge in [0, 0.05) is 25.7 Å². The number of hydrogen-bond acceptors (Lipinski definition) is 4. The molecule has 0 radical (unpaired) electrons. The molecule has 3 N–H and O–H groups in total. The van der Waals surface area contributed by atoms with E-state index in [1.165, 1.54) is 12.8 Å². The Hall–Kier alpha value is -1.34. The summed E-state index contributed by atoms with van der Waals surface area (Å²) >= 11 is 0. The molecule has 148 valence electrons. The van der Waals surface area contributed by atoms with E-state index in [-0.39, 0.29) is 24.1 Å². The van der Waals surface area contributed by atoms with Gasteiger partial charge in [-0.25, -0.2) is 4.79 Å². The summed E-state index contributed by atoms with van der Waals surface area (Å²) in [5, 5.41) is 15.5. The Bertz CT molecular complexity index is 465. The van der Waals surface area contributed by atoms with Crippen LogP contribution in [-0.2, 0) is 9.53 Å². The molecule has 0 aromatic rings. The quantitative estimate of drug-likeness (QED) is 0.689. The number of urea groups is 1. The molecule has 7 heteroatoms. The lowest BCUT2D eigenvalue weighted by Crippen LogP contribution is -2.49. The lowest BCUT2D eigenvalue weighted by atomic mass is 9.86. The van der Waals surface area contributed by atoms with E-state index in [0.717, 1.165) is 58.5 Å². The van der Waals surface area contributed by atoms with Crippen LogP contribution in [0.5, 0.6) is 0 Å². The topological polar surface area (TPSA) is 90.9 Å². The minimum atomic E-state index is -0.707. The van der Waals surface area contributed by atoms with Crippen molar-refractivity contribution in [3.63, 3.8) is 0 Å². The maximum Gasteiger partial charge on any atom is 0.317 e. The van der Waals surface area contributed by atoms with Gasteiger partial charge in [-0.2, -0.15) is 0 Å². The first kappa shape index (κ1) is 19.4. The Kier molecular flexibility index (Phi) is 7.14. The van der Waals surface area contributed by atoms with E-state index in [9.17, 15) is 9.59 Å². The summed E-state index contributed by atoms with van der Waals surface area (Å²) in [4.78, 5) is 25.3. The Morgan fingerprint density at radius 1 is 1.00 bits per heavy atom. The fourth-order valence-electron chi connectivity index (χ4n) is 4.30. The van der Waals surface area contributed by atoms with E-state index in [4.69, 9.17) is 9.84 Å². The van der Waals surface area contributed by atoms with Crippen molar-refractivity contribution in [2.75, 3.05) is 32.8 Å². The van der Waals surface area contributed by atoms with Gasteiger partial charge in [0.05, 0.1) is 12.0 Å². The van der Waals surface area contributed by atoms with Crippen LogP contribution in [0.2, 0.25) is 0 Å². The number of aliphatic carboxylic acids is 1. The van der Waals surface area contributed by atoms with Crippen LogP contribution in [-0.4, -0.2) is 66.9 Å². The molecular formula is C19H33N3O4. The molecule has 2 amide bonds. The summed E-state index contributed by atoms with van der Waals surface area (Å²) in [6.07, 6.45) is 7.34. The van der Waals surface area contributed by atoms with Gasteiger partial charge in [0.2, 0.25) is 0 Å². The van der Waals surface area contributed by atoms with Crippen molar-refractivity contribution in [3.8, 4) is 0 Å². The number of hydrogen-bond donors (Lipinski definition) is 3. The van der Waals surface area contributed by atoms with Crippen molar-refractivity contribution in [1.82, 2.24) is 15.5 Å². The van der Waals surface area contributed by atoms with Gasteiger partial charge in [0.1, 0.15) is 0 Å². The molecule has 2 saturated heterocycles. The van der Waals surface area contributed by atoms with E-state index in [2.05, 4.69) is 10.6 Å². The van der Waals surface area contributed by atoms with Crippen LogP contribution in [0.3, 0.4) is 0 Å². The van der Waals surface area contributed by atoms with Crippen molar-refractivity contribution in [3.05, 3.63) is 0 Å². The van der Waals surface area contributed by atoms with Gasteiger partial charge in [-0.1, -0.05) is 0 Å². The highest BCUT2D eigenvalue weighted by molar-refractivity contribution is 5.74. The number of carboxylic acids is 1. The van der Waals surface area contributed by atoms with Crippen LogP contribution >= 0.6 is 0 Å². The molecule has 26 heavy (non-hydrogen) atoms. The van der Waals surface area contributed by atoms with Crippen molar-refractivity contribution in [2.45, 2.75) is 63.5 Å². The molecule has 2 heterocycles. The van der Waals surface area contributed by atoms with Crippen molar-refractivity contribution >= 4 is 12.0 Å². The zero-order valence-electron chi connectivity index (χ0n) is 15.6. The van der Waals surface area contributed by atoms with Crippen molar-refractivity contribution < 1.29 is 19.4 Å². The Labute approximate surface area is 155 Å². The zero-order chi connectivity index (χ0) is 18.4. The van der Waals surface area contributed by atoms with Crippen LogP contribution in [0.15, 0.2) is 0 Å². The Morgan fingerprint density at radius 3 is 2.27 bits per heavy atom. The lowest BCUT2D eigenvalue weighted by molar-refractivity contribution is -0.142. The third-order valence-electron chi connectivity index (χ3n) is 6.16. The number of nitrogens with zero attached hydrogens (tertiary/aromatic N) is 1. The molecule has 1 saturated carbocycles. The third kappa shape index (κ3) is 5.58. The number of nitrogens with one attached hydrogen (secondary N) is 2. The van der Waals surface area contributed by atoms with Crippen molar-refractivity contribution in [2.24, 2.45) is 11.8 Å². The smallest absolute Gasteiger partial charge is 0.317 e. The summed E-state index contributed by atoms with van der Waals surface area (Å²) in [5.74, 6) is -0.268. The minimum Gasteiger partial charge on any atom is -0.481 e. The third-order valence-corrected chi connectivity index (χ3v) is 6.16. The Balaban J connectivity index is 1.31. The summed E-state index contributed by atoms with van der Waals surface area (Å²) in [7, 11) is 0. The highest BCUT2D eigenvalue weighted by atomic mass is 16.5. The molecular weight excluding hydrogens is 334 g/mol. The lowest BCUT2D eigenvalue weighted by Gasteiger charge is -2.35. The number of carboxylic acid groups (broad SMARTS) is 1. The minimum absolute atomic E-state index is 0.000537. The first-order chi connectivity index (χ1) is 12.6. The molecule has 3 fully saturated rings. The van der Waals surface area contributed by atoms with E-state index in [0.29, 0.717) is 18.8 Å². The van der Waals surface area contributed by atoms with Crippen LogP contribution in [0.25, 0.3) is 0 Å². The largest absolute Gasteiger partial charge is 0.481 e. The van der Waals surface area contributed by atoms with Gasteiger partial charge in [0.25, 0.3) is 0 Å². The summed E-state index contributed by atoms with van der Waals surface area (Å²) in [6.45, 7) is 4.54. The molecule has 3 rings (SSSR count). The predicted molar refractivity (Wildman–Crippen MR) is 98.1 cm³/mol. The van der Waals surface area contributed by atoms with Crippen LogP contribution in [0, 0.1) is 11.8 Å². The fraction of sp³-hybridized carbons (Fsp3) is 0.895. The van der Waals surface area contributed by atoms with Crippen LogP contribution in [0.1, 0.15) is 51.4 Å². The number of ether oxygens (including phenoxy) is 1. The van der Waals surface area contributed by atoms with Gasteiger partial charge in [0.15, 0.2) is 0 Å². The van der Waals surface area contributed by atoms with Crippen LogP contribution < -0.4 is 10.6 Å². The highest BCUT2D eigenvalue weighted by Crippen LogP contribution is 2.25. The molecule has 1 aliphatic carbocycles. The number of rotatable bonds is 5. The number of carbonyl (C=O) groups excluding carboxylic acids is 1. The van der Waals surface area contributed by atoms with Gasteiger partial charge in [-0.15, -0.1) is 0 Å². The zero-order valence-corrected chi connectivity index (χ0v) is 15.6. The standard InChI is InChI=1S/C19H33N3O4/c23-18(24)15-1-3-16(4-2-15)21-19(25)22-11-7-17(8-12-22)26-13-14-5-9-20-10-6-14/h14-17,20H,1-13H2,(H,21,25)(H,23,24). The number of likely N-dealkylation sites (tertiary alicyclic amines) is 1. The molecule has 0 aromatic carbocycles. The average molecular weight is 367 g/mol. The fourth-order valence-corrected chi connectivity index (χ4v) is 4.30. The second-order valence-corrected chi connectivity index (χ2v) is 8.05. The predicted octanol–water partition coefficient (Wildman–Crippen LogP) is 1.82. The normalized spacial score (nSPS) is 28.7. The van der Waals surface area contributed by atoms with E-state index in [1.54, 1.807) is 0 Å². The molecule has 0 atom stereocenters. The van der Waals surface area contributed by atoms with Crippen molar-refractivity contribution in [1.29, 1.82) is 0 Å². The van der Waals surface area contributed by atoms with E-state index >= 15 is 0 Å². The van der Waals surface area contributed by atoms with Gasteiger partial charge in [-0.05, 0) is 70.4 Å². The van der Waals surface area contributed by atoms with Gasteiger partial charge >= 0.3 is 12.0 Å². The van der Waals surface area contributed by atoms with E-state index in [1.807, 2.05) is 4.90 Å². The molecule has 0 bridgehead atoms. The van der Waals surface area contributed by atoms with Gasteiger partial charge in [-0.3, -0.25) is 4.79 Å². The highest BCUT2D eigenvalue weighted by Gasteiger charge is 2.29. The molecule has 3 aliphatic rings. The summed E-state index contributed by atoms with van der Waals surface area (Å²) in [5.41, 5.74) is 0. The first-order valence-electron chi connectivity index (χ1n) is 10.2. The molecule has 0 aromatic heterocycles. The number of piperidine rings is 2. The molecule has 0 spiro atoms. The van der Waals surface area contributed by atoms with Crippen LogP contribution in [0.4, 0.5) is 4.79 Å².